The second-order valence-electron chi connectivity index (χ2n) is 10.6. The molecule has 4 atom stereocenters. The highest BCUT2D eigenvalue weighted by Gasteiger charge is 2.68. The lowest BCUT2D eigenvalue weighted by atomic mass is 9.67. The van der Waals surface area contributed by atoms with Gasteiger partial charge in [0.25, 0.3) is 0 Å². The smallest absolute Gasteiger partial charge is 0.209 e. The number of hydrogen-bond donors (Lipinski definition) is 0. The predicted molar refractivity (Wildman–Crippen MR) is 167 cm³/mol. The second kappa shape index (κ2) is 11.0. The highest BCUT2D eigenvalue weighted by atomic mass is 35.5. The summed E-state index contributed by atoms with van der Waals surface area (Å²) in [6, 6.07) is 39.3. The van der Waals surface area contributed by atoms with Crippen molar-refractivity contribution in [2.75, 3.05) is 5.06 Å². The number of benzene rings is 5. The van der Waals surface area contributed by atoms with Crippen LogP contribution in [0.15, 0.2) is 133 Å². The molecular weight excluding hydrogens is 581 g/mol. The maximum absolute atomic E-state index is 15.0. The van der Waals surface area contributed by atoms with Gasteiger partial charge in [-0.1, -0.05) is 114 Å². The number of Topliss-reactive ketones (excluding diaryl/α,β-unsaturated/α-hetero) is 2. The van der Waals surface area contributed by atoms with Crippen LogP contribution in [0.4, 0.5) is 5.69 Å². The van der Waals surface area contributed by atoms with Gasteiger partial charge in [0.05, 0.1) is 22.2 Å². The zero-order chi connectivity index (χ0) is 29.6. The van der Waals surface area contributed by atoms with Gasteiger partial charge in [-0.25, -0.2) is 5.06 Å². The summed E-state index contributed by atoms with van der Waals surface area (Å²) in [5.41, 5.74) is 1.12. The van der Waals surface area contributed by atoms with E-state index in [4.69, 9.17) is 32.8 Å². The summed E-state index contributed by atoms with van der Waals surface area (Å²) >= 11 is 12.8. The molecule has 0 N–H and O–H groups in total. The first-order chi connectivity index (χ1) is 21.0. The molecule has 2 aliphatic heterocycles. The highest BCUT2D eigenvalue weighted by molar-refractivity contribution is 6.37. The third-order valence-corrected chi connectivity index (χ3v) is 8.69. The lowest BCUT2D eigenvalue weighted by Gasteiger charge is -2.42. The Balaban J connectivity index is 1.53. The van der Waals surface area contributed by atoms with E-state index < -0.39 is 23.7 Å². The molecule has 1 spiro atoms. The summed E-state index contributed by atoms with van der Waals surface area (Å²) < 4.78 is 6.71. The summed E-state index contributed by atoms with van der Waals surface area (Å²) in [4.78, 5) is 36.7. The highest BCUT2D eigenvalue weighted by Crippen LogP contribution is 2.57. The summed E-state index contributed by atoms with van der Waals surface area (Å²) in [7, 11) is 0. The minimum Gasteiger partial charge on any atom is -0.481 e. The molecule has 1 fully saturated rings. The lowest BCUT2D eigenvalue weighted by molar-refractivity contribution is -0.0796. The molecule has 0 unspecified atom stereocenters. The minimum absolute atomic E-state index is 0.217. The van der Waals surface area contributed by atoms with E-state index in [-0.39, 0.29) is 22.2 Å². The van der Waals surface area contributed by atoms with Crippen molar-refractivity contribution in [2.24, 2.45) is 0 Å². The largest absolute Gasteiger partial charge is 0.481 e. The molecule has 212 valence electrons. The van der Waals surface area contributed by atoms with Crippen LogP contribution in [0.1, 0.15) is 43.9 Å². The third kappa shape index (κ3) is 4.52. The number of hydroxylamine groups is 1. The minimum atomic E-state index is -1.66. The molecule has 0 aromatic heterocycles. The van der Waals surface area contributed by atoms with Crippen LogP contribution in [0.25, 0.3) is 0 Å². The fourth-order valence-corrected chi connectivity index (χ4v) is 6.77. The number of rotatable bonds is 5. The second-order valence-corrected chi connectivity index (χ2v) is 11.4. The molecule has 0 saturated carbocycles. The maximum atomic E-state index is 15.0. The van der Waals surface area contributed by atoms with Crippen LogP contribution in [0.2, 0.25) is 10.0 Å². The van der Waals surface area contributed by atoms with E-state index in [1.807, 2.05) is 97.1 Å². The topological polar surface area (TPSA) is 55.8 Å². The molecule has 1 saturated heterocycles. The molecule has 5 aromatic rings. The average molecular weight is 607 g/mol. The molecule has 7 rings (SSSR count). The van der Waals surface area contributed by atoms with Crippen molar-refractivity contribution in [1.82, 2.24) is 0 Å². The van der Waals surface area contributed by atoms with E-state index in [0.29, 0.717) is 22.0 Å². The Morgan fingerprint density at radius 2 is 1.33 bits per heavy atom. The van der Waals surface area contributed by atoms with Gasteiger partial charge in [0.1, 0.15) is 11.8 Å². The van der Waals surface area contributed by atoms with Crippen molar-refractivity contribution in [3.05, 3.63) is 166 Å². The van der Waals surface area contributed by atoms with Gasteiger partial charge in [0, 0.05) is 10.6 Å². The van der Waals surface area contributed by atoms with Gasteiger partial charge in [0.15, 0.2) is 11.9 Å². The van der Waals surface area contributed by atoms with Crippen LogP contribution in [0, 0.1) is 0 Å². The SMILES string of the molecule is O=C(c1ccc(Cl)cc1Cl)[C@@H]1[C@@H](c2ccccc2)[C@@]2(ON1c1ccccc1)C(=O)c1ccccc1O[C@H]2c1ccccc1. The zero-order valence-electron chi connectivity index (χ0n) is 22.8. The summed E-state index contributed by atoms with van der Waals surface area (Å²) in [5, 5.41) is 2.20. The molecular formula is C36H25Cl2NO4. The number of halogens is 2. The van der Waals surface area contributed by atoms with Gasteiger partial charge < -0.3 is 4.74 Å². The Morgan fingerprint density at radius 3 is 2.00 bits per heavy atom. The first-order valence-corrected chi connectivity index (χ1v) is 14.7. The molecule has 2 aliphatic rings. The number of ketones is 2. The van der Waals surface area contributed by atoms with Gasteiger partial charge in [0.2, 0.25) is 11.4 Å². The number of hydrogen-bond acceptors (Lipinski definition) is 5. The fraction of sp³-hybridized carbons (Fsp3) is 0.111. The number of anilines is 1. The Bertz CT molecular complexity index is 1820. The Labute approximate surface area is 259 Å². The number of carbonyl (C=O) groups excluding carboxylic acids is 2. The predicted octanol–water partition coefficient (Wildman–Crippen LogP) is 8.54. The van der Waals surface area contributed by atoms with E-state index in [0.717, 1.165) is 11.1 Å². The Morgan fingerprint density at radius 1 is 0.721 bits per heavy atom. The van der Waals surface area contributed by atoms with E-state index >= 15 is 4.79 Å². The summed E-state index contributed by atoms with van der Waals surface area (Å²) in [6.45, 7) is 0. The van der Waals surface area contributed by atoms with Crippen molar-refractivity contribution in [1.29, 1.82) is 0 Å². The van der Waals surface area contributed by atoms with Crippen LogP contribution in [-0.4, -0.2) is 23.2 Å². The molecule has 0 amide bonds. The standard InChI is InChI=1S/C36H25Cl2NO4/c37-25-20-21-27(29(38)22-25)33(40)32-31(23-12-4-1-5-13-23)36(43-39(32)26-16-8-3-9-17-26)34(41)28-18-10-11-19-30(28)42-35(36)24-14-6-2-7-15-24/h1-22,31-32,35H/t31-,32+,35+,36-/m1/s1. The summed E-state index contributed by atoms with van der Waals surface area (Å²) in [6.07, 6.45) is -0.883. The van der Waals surface area contributed by atoms with Crippen molar-refractivity contribution in [3.63, 3.8) is 0 Å². The van der Waals surface area contributed by atoms with Crippen molar-refractivity contribution >= 4 is 40.5 Å². The molecule has 5 aromatic carbocycles. The molecule has 0 bridgehead atoms. The first-order valence-electron chi connectivity index (χ1n) is 13.9. The molecule has 0 radical (unpaired) electrons. The van der Waals surface area contributed by atoms with Crippen LogP contribution < -0.4 is 9.80 Å². The van der Waals surface area contributed by atoms with Crippen molar-refractivity contribution in [3.8, 4) is 5.75 Å². The summed E-state index contributed by atoms with van der Waals surface area (Å²) in [5.74, 6) is -0.923. The van der Waals surface area contributed by atoms with E-state index in [1.54, 1.807) is 41.5 Å². The number of nitrogens with zero attached hydrogens (tertiary/aromatic N) is 1. The molecule has 5 nitrogen and oxygen atoms in total. The number of fused-ring (bicyclic) bond motifs is 1. The van der Waals surface area contributed by atoms with Crippen LogP contribution in [-0.2, 0) is 4.84 Å². The van der Waals surface area contributed by atoms with Gasteiger partial charge in [-0.3, -0.25) is 14.4 Å². The van der Waals surface area contributed by atoms with Crippen LogP contribution in [0.5, 0.6) is 5.75 Å². The van der Waals surface area contributed by atoms with Crippen molar-refractivity contribution < 1.29 is 19.2 Å². The van der Waals surface area contributed by atoms with Crippen molar-refractivity contribution in [2.45, 2.75) is 23.7 Å². The molecule has 7 heteroatoms. The first kappa shape index (κ1) is 27.4. The molecule has 43 heavy (non-hydrogen) atoms. The third-order valence-electron chi connectivity index (χ3n) is 8.14. The van der Waals surface area contributed by atoms with E-state index in [9.17, 15) is 4.79 Å². The van der Waals surface area contributed by atoms with Gasteiger partial charge in [-0.15, -0.1) is 0 Å². The maximum Gasteiger partial charge on any atom is 0.209 e. The monoisotopic (exact) mass is 605 g/mol. The number of carbonyl (C=O) groups is 2. The van der Waals surface area contributed by atoms with Gasteiger partial charge >= 0.3 is 0 Å². The molecule has 2 heterocycles. The van der Waals surface area contributed by atoms with E-state index in [1.165, 1.54) is 0 Å². The Kier molecular flexibility index (Phi) is 7.02. The van der Waals surface area contributed by atoms with E-state index in [2.05, 4.69) is 0 Å². The number of ether oxygens (including phenoxy) is 1. The quantitative estimate of drug-likeness (QED) is 0.188. The van der Waals surface area contributed by atoms with Crippen LogP contribution >= 0.6 is 23.2 Å². The average Bonchev–Trinajstić information content (AvgIpc) is 3.40. The van der Waals surface area contributed by atoms with Gasteiger partial charge in [-0.05, 0) is 53.6 Å². The van der Waals surface area contributed by atoms with Gasteiger partial charge in [-0.2, -0.15) is 0 Å². The fourth-order valence-electron chi connectivity index (χ4n) is 6.27. The Hall–Kier alpha value is -4.42. The lowest BCUT2D eigenvalue weighted by Crippen LogP contribution is -2.54. The normalized spacial score (nSPS) is 22.7. The zero-order valence-corrected chi connectivity index (χ0v) is 24.3. The molecule has 0 aliphatic carbocycles. The van der Waals surface area contributed by atoms with Crippen LogP contribution in [0.3, 0.4) is 0 Å². The number of para-hydroxylation sites is 2.